The normalized spacial score (nSPS) is 16.7. The molecule has 0 atom stereocenters. The zero-order valence-electron chi connectivity index (χ0n) is 9.00. The first-order valence-electron chi connectivity index (χ1n) is 4.74. The first kappa shape index (κ1) is 9.89. The molecule has 1 aliphatic rings. The Kier molecular flexibility index (Phi) is 2.10. The summed E-state index contributed by atoms with van der Waals surface area (Å²) >= 11 is 0. The molecule has 0 amide bonds. The van der Waals surface area contributed by atoms with Gasteiger partial charge in [-0.25, -0.2) is 14.8 Å². The van der Waals surface area contributed by atoms with E-state index in [9.17, 15) is 4.79 Å². The number of carbonyl (C=O) groups excluding carboxylic acids is 1. The topological polar surface area (TPSA) is 64.1 Å². The summed E-state index contributed by atoms with van der Waals surface area (Å²) in [5.74, 6) is 0.323. The maximum Gasteiger partial charge on any atom is 0.357 e. The fourth-order valence-corrected chi connectivity index (χ4v) is 1.77. The van der Waals surface area contributed by atoms with E-state index in [-0.39, 0.29) is 5.54 Å². The van der Waals surface area contributed by atoms with E-state index in [0.29, 0.717) is 5.69 Å². The maximum atomic E-state index is 11.4. The van der Waals surface area contributed by atoms with Gasteiger partial charge in [0.25, 0.3) is 0 Å². The van der Waals surface area contributed by atoms with E-state index < -0.39 is 5.97 Å². The van der Waals surface area contributed by atoms with Crippen molar-refractivity contribution in [3.8, 4) is 0 Å². The number of ether oxygens (including phenoxy) is 1. The van der Waals surface area contributed by atoms with Gasteiger partial charge in [0.1, 0.15) is 12.1 Å². The Labute approximate surface area is 87.9 Å². The van der Waals surface area contributed by atoms with Crippen LogP contribution >= 0.6 is 0 Å². The average Bonchev–Trinajstić information content (AvgIpc) is 2.49. The number of anilines is 1. The van der Waals surface area contributed by atoms with E-state index in [1.165, 1.54) is 13.4 Å². The van der Waals surface area contributed by atoms with Gasteiger partial charge in [-0.3, -0.25) is 0 Å². The molecule has 0 saturated carbocycles. The van der Waals surface area contributed by atoms with Crippen LogP contribution < -0.4 is 5.32 Å². The number of aromatic nitrogens is 2. The molecule has 5 nitrogen and oxygen atoms in total. The Hall–Kier alpha value is -1.65. The molecule has 0 radical (unpaired) electrons. The number of rotatable bonds is 1. The Balaban J connectivity index is 2.46. The summed E-state index contributed by atoms with van der Waals surface area (Å²) in [5, 5.41) is 3.23. The number of carbonyl (C=O) groups is 1. The average molecular weight is 207 g/mol. The van der Waals surface area contributed by atoms with Gasteiger partial charge in [0.05, 0.1) is 7.11 Å². The van der Waals surface area contributed by atoms with Crippen molar-refractivity contribution < 1.29 is 9.53 Å². The van der Waals surface area contributed by atoms with Gasteiger partial charge in [0.2, 0.25) is 0 Å². The first-order chi connectivity index (χ1) is 7.03. The Morgan fingerprint density at radius 1 is 1.53 bits per heavy atom. The molecule has 1 aromatic heterocycles. The Bertz CT molecular complexity index is 415. The lowest BCUT2D eigenvalue weighted by molar-refractivity contribution is 0.0592. The largest absolute Gasteiger partial charge is 0.464 e. The van der Waals surface area contributed by atoms with Crippen molar-refractivity contribution >= 4 is 11.8 Å². The Morgan fingerprint density at radius 3 is 2.93 bits per heavy atom. The van der Waals surface area contributed by atoms with Gasteiger partial charge in [-0.2, -0.15) is 0 Å². The molecule has 80 valence electrons. The number of esters is 1. The summed E-state index contributed by atoms with van der Waals surface area (Å²) in [7, 11) is 1.35. The van der Waals surface area contributed by atoms with Crippen LogP contribution in [0, 0.1) is 0 Å². The molecule has 15 heavy (non-hydrogen) atoms. The molecule has 1 aromatic rings. The number of hydrogen-bond acceptors (Lipinski definition) is 5. The molecule has 0 aromatic carbocycles. The van der Waals surface area contributed by atoms with Gasteiger partial charge in [-0.05, 0) is 13.8 Å². The lowest BCUT2D eigenvalue weighted by Gasteiger charge is -2.17. The highest BCUT2D eigenvalue weighted by Gasteiger charge is 2.32. The van der Waals surface area contributed by atoms with E-state index >= 15 is 0 Å². The van der Waals surface area contributed by atoms with Crippen molar-refractivity contribution in [1.29, 1.82) is 0 Å². The smallest absolute Gasteiger partial charge is 0.357 e. The number of nitrogens with one attached hydrogen (secondary N) is 1. The highest BCUT2D eigenvalue weighted by atomic mass is 16.5. The maximum absolute atomic E-state index is 11.4. The molecule has 5 heteroatoms. The minimum Gasteiger partial charge on any atom is -0.464 e. The highest BCUT2D eigenvalue weighted by Crippen LogP contribution is 2.31. The lowest BCUT2D eigenvalue weighted by Crippen LogP contribution is -2.27. The van der Waals surface area contributed by atoms with Gasteiger partial charge in [0.15, 0.2) is 5.69 Å². The van der Waals surface area contributed by atoms with Crippen molar-refractivity contribution in [2.75, 3.05) is 12.4 Å². The molecule has 0 unspecified atom stereocenters. The van der Waals surface area contributed by atoms with Crippen LogP contribution in [-0.2, 0) is 11.2 Å². The van der Waals surface area contributed by atoms with E-state index in [2.05, 4.69) is 33.9 Å². The zero-order chi connectivity index (χ0) is 11.1. The second-order valence-corrected chi connectivity index (χ2v) is 4.23. The van der Waals surface area contributed by atoms with Crippen LogP contribution in [0.5, 0.6) is 0 Å². The molecular formula is C10H13N3O2. The lowest BCUT2D eigenvalue weighted by atomic mass is 10.00. The second kappa shape index (κ2) is 3.18. The van der Waals surface area contributed by atoms with Gasteiger partial charge in [0, 0.05) is 17.5 Å². The predicted molar refractivity (Wildman–Crippen MR) is 54.8 cm³/mol. The van der Waals surface area contributed by atoms with Crippen molar-refractivity contribution in [1.82, 2.24) is 9.97 Å². The summed E-state index contributed by atoms with van der Waals surface area (Å²) in [4.78, 5) is 19.5. The summed E-state index contributed by atoms with van der Waals surface area (Å²) in [5.41, 5.74) is 1.12. The highest BCUT2D eigenvalue weighted by molar-refractivity contribution is 5.90. The standard InChI is InChI=1S/C10H13N3O2/c1-10(2)4-6-7(9(14)15-3)11-5-12-8(6)13-10/h5H,4H2,1-3H3,(H,11,12,13). The van der Waals surface area contributed by atoms with Gasteiger partial charge >= 0.3 is 5.97 Å². The third kappa shape index (κ3) is 1.65. The predicted octanol–water partition coefficient (Wildman–Crippen LogP) is 1.01. The van der Waals surface area contributed by atoms with Gasteiger partial charge in [-0.15, -0.1) is 0 Å². The first-order valence-corrected chi connectivity index (χ1v) is 4.74. The fourth-order valence-electron chi connectivity index (χ4n) is 1.77. The minimum atomic E-state index is -0.409. The Morgan fingerprint density at radius 2 is 2.27 bits per heavy atom. The molecule has 0 bridgehead atoms. The third-order valence-electron chi connectivity index (χ3n) is 2.40. The van der Waals surface area contributed by atoms with Gasteiger partial charge < -0.3 is 10.1 Å². The molecule has 2 heterocycles. The van der Waals surface area contributed by atoms with Crippen LogP contribution in [0.15, 0.2) is 6.33 Å². The molecule has 2 rings (SSSR count). The summed E-state index contributed by atoms with van der Waals surface area (Å²) in [6, 6.07) is 0. The van der Waals surface area contributed by atoms with E-state index in [1.54, 1.807) is 0 Å². The number of nitrogens with zero attached hydrogens (tertiary/aromatic N) is 2. The van der Waals surface area contributed by atoms with Crippen LogP contribution in [0.25, 0.3) is 0 Å². The molecule has 1 N–H and O–H groups in total. The van der Waals surface area contributed by atoms with Crippen LogP contribution in [0.4, 0.5) is 5.82 Å². The summed E-state index contributed by atoms with van der Waals surface area (Å²) < 4.78 is 4.67. The van der Waals surface area contributed by atoms with Crippen LogP contribution in [0.3, 0.4) is 0 Å². The molecule has 0 fully saturated rings. The molecule has 0 saturated heterocycles. The van der Waals surface area contributed by atoms with Crippen LogP contribution in [-0.4, -0.2) is 28.6 Å². The second-order valence-electron chi connectivity index (χ2n) is 4.23. The number of hydrogen-bond donors (Lipinski definition) is 1. The van der Waals surface area contributed by atoms with E-state index in [4.69, 9.17) is 0 Å². The quantitative estimate of drug-likeness (QED) is 0.696. The van der Waals surface area contributed by atoms with Crippen LogP contribution in [0.2, 0.25) is 0 Å². The minimum absolute atomic E-state index is 0.0822. The molecule has 0 spiro atoms. The van der Waals surface area contributed by atoms with E-state index in [0.717, 1.165) is 17.8 Å². The monoisotopic (exact) mass is 207 g/mol. The molecule has 1 aliphatic heterocycles. The van der Waals surface area contributed by atoms with Crippen molar-refractivity contribution in [2.45, 2.75) is 25.8 Å². The molecular weight excluding hydrogens is 194 g/mol. The van der Waals surface area contributed by atoms with Crippen molar-refractivity contribution in [2.24, 2.45) is 0 Å². The number of methoxy groups -OCH3 is 1. The zero-order valence-corrected chi connectivity index (χ0v) is 9.00. The van der Waals surface area contributed by atoms with Gasteiger partial charge in [-0.1, -0.05) is 0 Å². The van der Waals surface area contributed by atoms with Crippen molar-refractivity contribution in [3.05, 3.63) is 17.6 Å². The van der Waals surface area contributed by atoms with Crippen molar-refractivity contribution in [3.63, 3.8) is 0 Å². The molecule has 0 aliphatic carbocycles. The third-order valence-corrected chi connectivity index (χ3v) is 2.40. The SMILES string of the molecule is COC(=O)c1ncnc2c1CC(C)(C)N2. The summed E-state index contributed by atoms with van der Waals surface area (Å²) in [6.07, 6.45) is 2.10. The fraction of sp³-hybridized carbons (Fsp3) is 0.500. The van der Waals surface area contributed by atoms with E-state index in [1.807, 2.05) is 0 Å². The number of fused-ring (bicyclic) bond motifs is 1. The van der Waals surface area contributed by atoms with Crippen LogP contribution in [0.1, 0.15) is 29.9 Å². The summed E-state index contributed by atoms with van der Waals surface area (Å²) in [6.45, 7) is 4.10.